The quantitative estimate of drug-likeness (QED) is 0.370. The Balaban J connectivity index is 2.10. The van der Waals surface area contributed by atoms with E-state index < -0.39 is 0 Å². The number of ketones is 2. The number of carbonyl (C=O) groups excluding carboxylic acids is 2. The molecule has 104 valence electrons. The Morgan fingerprint density at radius 1 is 1.11 bits per heavy atom. The Labute approximate surface area is 114 Å². The summed E-state index contributed by atoms with van der Waals surface area (Å²) < 4.78 is 0. The maximum atomic E-state index is 11.8. The summed E-state index contributed by atoms with van der Waals surface area (Å²) in [6, 6.07) is 0. The third-order valence-corrected chi connectivity index (χ3v) is 3.24. The molecule has 1 N–H and O–H groups in total. The lowest BCUT2D eigenvalue weighted by atomic mass is 10.0. The molecule has 0 aromatic rings. The van der Waals surface area contributed by atoms with Crippen molar-refractivity contribution in [2.24, 2.45) is 0 Å². The standard InChI is InChI=1S/C16H22O3/c1-2-3-4-5-6-7-8-9-10-13(17)16-14(18)11-12-15(16)19/h2,11-12,18H,1,3-10H2. The molecule has 0 radical (unpaired) electrons. The van der Waals surface area contributed by atoms with E-state index in [4.69, 9.17) is 0 Å². The molecule has 0 amide bonds. The van der Waals surface area contributed by atoms with Gasteiger partial charge >= 0.3 is 0 Å². The summed E-state index contributed by atoms with van der Waals surface area (Å²) >= 11 is 0. The average Bonchev–Trinajstić information content (AvgIpc) is 2.72. The van der Waals surface area contributed by atoms with Gasteiger partial charge in [-0.25, -0.2) is 0 Å². The molecule has 3 nitrogen and oxygen atoms in total. The van der Waals surface area contributed by atoms with Crippen LogP contribution < -0.4 is 0 Å². The molecular weight excluding hydrogens is 240 g/mol. The van der Waals surface area contributed by atoms with E-state index in [1.807, 2.05) is 6.08 Å². The lowest BCUT2D eigenvalue weighted by molar-refractivity contribution is -0.119. The number of aliphatic hydroxyl groups is 1. The molecule has 0 fully saturated rings. The second kappa shape index (κ2) is 8.46. The van der Waals surface area contributed by atoms with Gasteiger partial charge in [-0.2, -0.15) is 0 Å². The minimum absolute atomic E-state index is 0.0361. The van der Waals surface area contributed by atoms with Crippen LogP contribution in [0.5, 0.6) is 0 Å². The molecule has 1 aliphatic rings. The molecule has 0 aliphatic heterocycles. The predicted molar refractivity (Wildman–Crippen MR) is 75.9 cm³/mol. The van der Waals surface area contributed by atoms with Gasteiger partial charge in [-0.3, -0.25) is 9.59 Å². The first-order chi connectivity index (χ1) is 9.16. The summed E-state index contributed by atoms with van der Waals surface area (Å²) in [7, 11) is 0. The Morgan fingerprint density at radius 2 is 1.74 bits per heavy atom. The summed E-state index contributed by atoms with van der Waals surface area (Å²) in [5, 5.41) is 9.40. The lowest BCUT2D eigenvalue weighted by Gasteiger charge is -2.02. The summed E-state index contributed by atoms with van der Waals surface area (Å²) in [4.78, 5) is 23.1. The van der Waals surface area contributed by atoms with Gasteiger partial charge in [0.15, 0.2) is 11.6 Å². The second-order valence-corrected chi connectivity index (χ2v) is 4.83. The summed E-state index contributed by atoms with van der Waals surface area (Å²) in [5.41, 5.74) is -0.0361. The maximum Gasteiger partial charge on any atom is 0.193 e. The zero-order valence-corrected chi connectivity index (χ0v) is 11.4. The van der Waals surface area contributed by atoms with Crippen molar-refractivity contribution in [1.29, 1.82) is 0 Å². The molecule has 0 aromatic carbocycles. The summed E-state index contributed by atoms with van der Waals surface area (Å²) in [6.45, 7) is 3.68. The van der Waals surface area contributed by atoms with Crippen LogP contribution in [0.15, 0.2) is 36.1 Å². The highest BCUT2D eigenvalue weighted by Crippen LogP contribution is 2.17. The smallest absolute Gasteiger partial charge is 0.193 e. The molecule has 0 heterocycles. The van der Waals surface area contributed by atoms with Gasteiger partial charge in [0.2, 0.25) is 0 Å². The van der Waals surface area contributed by atoms with E-state index in [9.17, 15) is 14.7 Å². The monoisotopic (exact) mass is 262 g/mol. The van der Waals surface area contributed by atoms with Gasteiger partial charge in [0.25, 0.3) is 0 Å². The van der Waals surface area contributed by atoms with E-state index >= 15 is 0 Å². The van der Waals surface area contributed by atoms with Crippen molar-refractivity contribution in [3.8, 4) is 0 Å². The number of allylic oxidation sites excluding steroid dienone is 4. The molecule has 3 heteroatoms. The normalized spacial score (nSPS) is 14.2. The van der Waals surface area contributed by atoms with Crippen molar-refractivity contribution in [3.05, 3.63) is 36.1 Å². The molecule has 0 spiro atoms. The van der Waals surface area contributed by atoms with Gasteiger partial charge in [-0.05, 0) is 31.4 Å². The Bertz CT molecular complexity index is 402. The van der Waals surface area contributed by atoms with Gasteiger partial charge in [0, 0.05) is 6.42 Å². The van der Waals surface area contributed by atoms with Crippen molar-refractivity contribution in [3.63, 3.8) is 0 Å². The van der Waals surface area contributed by atoms with E-state index in [-0.39, 0.29) is 22.9 Å². The van der Waals surface area contributed by atoms with Crippen LogP contribution in [0.25, 0.3) is 0 Å². The zero-order chi connectivity index (χ0) is 14.1. The minimum Gasteiger partial charge on any atom is -0.507 e. The fraction of sp³-hybridized carbons (Fsp3) is 0.500. The maximum absolute atomic E-state index is 11.8. The molecule has 19 heavy (non-hydrogen) atoms. The van der Waals surface area contributed by atoms with Gasteiger partial charge in [0.1, 0.15) is 11.3 Å². The van der Waals surface area contributed by atoms with Crippen LogP contribution in [0.3, 0.4) is 0 Å². The molecule has 0 saturated carbocycles. The Hall–Kier alpha value is -1.64. The van der Waals surface area contributed by atoms with E-state index in [0.29, 0.717) is 6.42 Å². The highest BCUT2D eigenvalue weighted by molar-refractivity contribution is 6.26. The Kier molecular flexibility index (Phi) is 6.86. The fourth-order valence-corrected chi connectivity index (χ4v) is 2.13. The van der Waals surface area contributed by atoms with E-state index in [1.54, 1.807) is 0 Å². The first-order valence-electron chi connectivity index (χ1n) is 6.96. The third-order valence-electron chi connectivity index (χ3n) is 3.24. The molecule has 0 saturated heterocycles. The van der Waals surface area contributed by atoms with Crippen molar-refractivity contribution in [2.75, 3.05) is 0 Å². The third kappa shape index (κ3) is 5.25. The molecule has 0 bridgehead atoms. The van der Waals surface area contributed by atoms with Gasteiger partial charge < -0.3 is 5.11 Å². The first kappa shape index (κ1) is 15.4. The molecule has 1 aliphatic carbocycles. The van der Waals surface area contributed by atoms with Crippen molar-refractivity contribution < 1.29 is 14.7 Å². The van der Waals surface area contributed by atoms with Crippen molar-refractivity contribution in [1.82, 2.24) is 0 Å². The highest BCUT2D eigenvalue weighted by Gasteiger charge is 2.23. The van der Waals surface area contributed by atoms with Crippen LogP contribution >= 0.6 is 0 Å². The molecular formula is C16H22O3. The van der Waals surface area contributed by atoms with E-state index in [2.05, 4.69) is 6.58 Å². The first-order valence-corrected chi connectivity index (χ1v) is 6.96. The molecule has 0 unspecified atom stereocenters. The summed E-state index contributed by atoms with van der Waals surface area (Å²) in [6.07, 6.45) is 12.3. The molecule has 1 rings (SSSR count). The van der Waals surface area contributed by atoms with Gasteiger partial charge in [-0.15, -0.1) is 6.58 Å². The predicted octanol–water partition coefficient (Wildman–Crippen LogP) is 3.81. The number of carbonyl (C=O) groups is 2. The van der Waals surface area contributed by atoms with Gasteiger partial charge in [0.05, 0.1) is 0 Å². The van der Waals surface area contributed by atoms with E-state index in [1.165, 1.54) is 31.4 Å². The largest absolute Gasteiger partial charge is 0.507 e. The summed E-state index contributed by atoms with van der Waals surface area (Å²) in [5.74, 6) is -0.787. The van der Waals surface area contributed by atoms with E-state index in [0.717, 1.165) is 25.7 Å². The lowest BCUT2D eigenvalue weighted by Crippen LogP contribution is -2.10. The number of hydrogen-bond acceptors (Lipinski definition) is 3. The number of rotatable bonds is 10. The topological polar surface area (TPSA) is 54.4 Å². The van der Waals surface area contributed by atoms with Crippen LogP contribution in [-0.4, -0.2) is 16.7 Å². The number of unbranched alkanes of at least 4 members (excludes halogenated alkanes) is 6. The number of aliphatic hydroxyl groups excluding tert-OH is 1. The zero-order valence-electron chi connectivity index (χ0n) is 11.4. The number of Topliss-reactive ketones (excluding diaryl/α,β-unsaturated/α-hetero) is 1. The van der Waals surface area contributed by atoms with Crippen molar-refractivity contribution in [2.45, 2.75) is 51.4 Å². The van der Waals surface area contributed by atoms with Crippen LogP contribution in [-0.2, 0) is 9.59 Å². The highest BCUT2D eigenvalue weighted by atomic mass is 16.3. The number of hydrogen-bond donors (Lipinski definition) is 1. The molecule has 0 aromatic heterocycles. The minimum atomic E-state index is -0.369. The second-order valence-electron chi connectivity index (χ2n) is 4.83. The van der Waals surface area contributed by atoms with Crippen molar-refractivity contribution >= 4 is 11.6 Å². The van der Waals surface area contributed by atoms with Gasteiger partial charge in [-0.1, -0.05) is 31.8 Å². The van der Waals surface area contributed by atoms with Crippen LogP contribution in [0, 0.1) is 0 Å². The van der Waals surface area contributed by atoms with Crippen LogP contribution in [0.4, 0.5) is 0 Å². The average molecular weight is 262 g/mol. The Morgan fingerprint density at radius 3 is 2.32 bits per heavy atom. The SMILES string of the molecule is C=CCCCCCCCCC(=O)C1=C(O)C=CC1=O. The molecule has 0 atom stereocenters. The van der Waals surface area contributed by atoms with Crippen LogP contribution in [0.2, 0.25) is 0 Å². The van der Waals surface area contributed by atoms with Crippen LogP contribution in [0.1, 0.15) is 51.4 Å². The fourth-order valence-electron chi connectivity index (χ4n) is 2.13.